The molecule has 1 aromatic heterocycles. The Morgan fingerprint density at radius 3 is 3.00 bits per heavy atom. The van der Waals surface area contributed by atoms with Gasteiger partial charge >= 0.3 is 0 Å². The standard InChI is InChI=1S/C11H15N3/c1-2-10-11(3-5-12-6-4-11)13-7-9-14(10)8-1/h1-2,7-9,12-13H,3-6H2. The first-order valence-corrected chi connectivity index (χ1v) is 5.23. The molecule has 1 saturated heterocycles. The van der Waals surface area contributed by atoms with Crippen LogP contribution in [0.1, 0.15) is 18.5 Å². The Balaban J connectivity index is 2.05. The first-order chi connectivity index (χ1) is 6.91. The van der Waals surface area contributed by atoms with Crippen LogP contribution in [0.15, 0.2) is 24.5 Å². The lowest BCUT2D eigenvalue weighted by Gasteiger charge is -2.40. The molecule has 3 heterocycles. The van der Waals surface area contributed by atoms with E-state index >= 15 is 0 Å². The summed E-state index contributed by atoms with van der Waals surface area (Å²) in [6.07, 6.45) is 8.61. The van der Waals surface area contributed by atoms with E-state index in [1.54, 1.807) is 0 Å². The van der Waals surface area contributed by atoms with E-state index in [1.807, 2.05) is 0 Å². The van der Waals surface area contributed by atoms with Crippen LogP contribution in [-0.2, 0) is 5.54 Å². The van der Waals surface area contributed by atoms with Crippen molar-refractivity contribution in [1.29, 1.82) is 0 Å². The molecule has 1 aromatic rings. The van der Waals surface area contributed by atoms with Gasteiger partial charge < -0.3 is 15.2 Å². The van der Waals surface area contributed by atoms with Gasteiger partial charge in [-0.3, -0.25) is 0 Å². The van der Waals surface area contributed by atoms with E-state index in [0.717, 1.165) is 13.1 Å². The van der Waals surface area contributed by atoms with E-state index in [-0.39, 0.29) is 5.54 Å². The number of nitrogens with one attached hydrogen (secondary N) is 2. The summed E-state index contributed by atoms with van der Waals surface area (Å²) in [5, 5.41) is 6.94. The van der Waals surface area contributed by atoms with Crippen molar-refractivity contribution in [3.63, 3.8) is 0 Å². The molecule has 2 N–H and O–H groups in total. The summed E-state index contributed by atoms with van der Waals surface area (Å²) in [6, 6.07) is 4.35. The summed E-state index contributed by atoms with van der Waals surface area (Å²) >= 11 is 0. The number of piperidine rings is 1. The van der Waals surface area contributed by atoms with Crippen molar-refractivity contribution >= 4 is 6.20 Å². The van der Waals surface area contributed by atoms with Crippen LogP contribution in [0.25, 0.3) is 6.20 Å². The van der Waals surface area contributed by atoms with E-state index in [1.165, 1.54) is 18.5 Å². The quantitative estimate of drug-likeness (QED) is 0.640. The minimum atomic E-state index is 0.184. The predicted octanol–water partition coefficient (Wildman–Crippen LogP) is 1.10. The van der Waals surface area contributed by atoms with Gasteiger partial charge in [-0.25, -0.2) is 0 Å². The third kappa shape index (κ3) is 1.02. The van der Waals surface area contributed by atoms with Crippen LogP contribution < -0.4 is 10.6 Å². The number of hydrogen-bond donors (Lipinski definition) is 2. The van der Waals surface area contributed by atoms with Gasteiger partial charge in [0.05, 0.1) is 5.54 Å². The highest BCUT2D eigenvalue weighted by Gasteiger charge is 2.36. The van der Waals surface area contributed by atoms with E-state index in [9.17, 15) is 0 Å². The van der Waals surface area contributed by atoms with Gasteiger partial charge in [0, 0.05) is 24.3 Å². The molecule has 2 aliphatic rings. The van der Waals surface area contributed by atoms with Gasteiger partial charge in [-0.05, 0) is 38.1 Å². The van der Waals surface area contributed by atoms with E-state index in [0.29, 0.717) is 0 Å². The fourth-order valence-corrected chi connectivity index (χ4v) is 2.53. The van der Waals surface area contributed by atoms with Gasteiger partial charge in [-0.15, -0.1) is 0 Å². The second kappa shape index (κ2) is 2.89. The molecule has 0 unspecified atom stereocenters. The molecule has 2 aliphatic heterocycles. The van der Waals surface area contributed by atoms with Gasteiger partial charge in [-0.2, -0.15) is 0 Å². The Morgan fingerprint density at radius 2 is 2.14 bits per heavy atom. The maximum atomic E-state index is 3.54. The van der Waals surface area contributed by atoms with Crippen molar-refractivity contribution in [2.75, 3.05) is 13.1 Å². The molecule has 0 saturated carbocycles. The lowest BCUT2D eigenvalue weighted by molar-refractivity contribution is 0.260. The SMILES string of the molecule is C1=Cn2cccc2C2(CCNCC2)N1. The van der Waals surface area contributed by atoms with Crippen molar-refractivity contribution in [3.05, 3.63) is 30.2 Å². The highest BCUT2D eigenvalue weighted by atomic mass is 15.1. The average Bonchev–Trinajstić information content (AvgIpc) is 2.69. The second-order valence-corrected chi connectivity index (χ2v) is 4.09. The van der Waals surface area contributed by atoms with Crippen LogP contribution >= 0.6 is 0 Å². The molecule has 14 heavy (non-hydrogen) atoms. The van der Waals surface area contributed by atoms with Crippen molar-refractivity contribution in [2.45, 2.75) is 18.4 Å². The van der Waals surface area contributed by atoms with Crippen LogP contribution in [0.2, 0.25) is 0 Å². The van der Waals surface area contributed by atoms with Crippen LogP contribution in [0.4, 0.5) is 0 Å². The molecule has 1 fully saturated rings. The third-order valence-electron chi connectivity index (χ3n) is 3.32. The number of aromatic nitrogens is 1. The largest absolute Gasteiger partial charge is 0.379 e. The summed E-state index contributed by atoms with van der Waals surface area (Å²) < 4.78 is 2.22. The predicted molar refractivity (Wildman–Crippen MR) is 56.7 cm³/mol. The van der Waals surface area contributed by atoms with Crippen molar-refractivity contribution in [1.82, 2.24) is 15.2 Å². The fourth-order valence-electron chi connectivity index (χ4n) is 2.53. The maximum Gasteiger partial charge on any atom is 0.0798 e. The van der Waals surface area contributed by atoms with Crippen LogP contribution in [-0.4, -0.2) is 17.7 Å². The third-order valence-corrected chi connectivity index (χ3v) is 3.32. The first-order valence-electron chi connectivity index (χ1n) is 5.23. The van der Waals surface area contributed by atoms with E-state index in [4.69, 9.17) is 0 Å². The average molecular weight is 189 g/mol. The molecule has 0 aromatic carbocycles. The number of rotatable bonds is 0. The minimum absolute atomic E-state index is 0.184. The highest BCUT2D eigenvalue weighted by molar-refractivity contribution is 5.37. The monoisotopic (exact) mass is 189 g/mol. The Hall–Kier alpha value is -1.22. The van der Waals surface area contributed by atoms with Crippen LogP contribution in [0, 0.1) is 0 Å². The number of nitrogens with zero attached hydrogens (tertiary/aromatic N) is 1. The summed E-state index contributed by atoms with van der Waals surface area (Å²) in [5.41, 5.74) is 1.59. The zero-order valence-electron chi connectivity index (χ0n) is 8.16. The minimum Gasteiger partial charge on any atom is -0.379 e. The van der Waals surface area contributed by atoms with Gasteiger partial charge in [0.2, 0.25) is 0 Å². The van der Waals surface area contributed by atoms with Gasteiger partial charge in [0.25, 0.3) is 0 Å². The maximum absolute atomic E-state index is 3.54. The number of fused-ring (bicyclic) bond motifs is 2. The molecular formula is C11H15N3. The molecular weight excluding hydrogens is 174 g/mol. The molecule has 0 amide bonds. The summed E-state index contributed by atoms with van der Waals surface area (Å²) in [7, 11) is 0. The molecule has 74 valence electrons. The van der Waals surface area contributed by atoms with Crippen LogP contribution in [0.3, 0.4) is 0 Å². The molecule has 3 rings (SSSR count). The zero-order chi connectivity index (χ0) is 9.43. The van der Waals surface area contributed by atoms with Gasteiger partial charge in [0.1, 0.15) is 0 Å². The van der Waals surface area contributed by atoms with Crippen molar-refractivity contribution in [3.8, 4) is 0 Å². The van der Waals surface area contributed by atoms with E-state index in [2.05, 4.69) is 45.9 Å². The van der Waals surface area contributed by atoms with Gasteiger partial charge in [0.15, 0.2) is 0 Å². The summed E-state index contributed by atoms with van der Waals surface area (Å²) in [5.74, 6) is 0. The Kier molecular flexibility index (Phi) is 1.67. The van der Waals surface area contributed by atoms with E-state index < -0.39 is 0 Å². The molecule has 1 spiro atoms. The Morgan fingerprint density at radius 1 is 1.29 bits per heavy atom. The molecule has 0 atom stereocenters. The van der Waals surface area contributed by atoms with Gasteiger partial charge in [-0.1, -0.05) is 0 Å². The Bertz CT molecular complexity index is 358. The Labute approximate surface area is 83.8 Å². The summed E-state index contributed by atoms with van der Waals surface area (Å²) in [6.45, 7) is 2.21. The van der Waals surface area contributed by atoms with Crippen LogP contribution in [0.5, 0.6) is 0 Å². The molecule has 0 radical (unpaired) electrons. The second-order valence-electron chi connectivity index (χ2n) is 4.09. The topological polar surface area (TPSA) is 29.0 Å². The summed E-state index contributed by atoms with van der Waals surface area (Å²) in [4.78, 5) is 0. The highest BCUT2D eigenvalue weighted by Crippen LogP contribution is 2.33. The lowest BCUT2D eigenvalue weighted by atomic mass is 9.84. The smallest absolute Gasteiger partial charge is 0.0798 e. The molecule has 3 nitrogen and oxygen atoms in total. The van der Waals surface area contributed by atoms with Crippen molar-refractivity contribution in [2.24, 2.45) is 0 Å². The zero-order valence-corrected chi connectivity index (χ0v) is 8.16. The first kappa shape index (κ1) is 8.12. The number of hydrogen-bond acceptors (Lipinski definition) is 2. The van der Waals surface area contributed by atoms with Crippen molar-refractivity contribution < 1.29 is 0 Å². The molecule has 0 aliphatic carbocycles. The molecule has 3 heteroatoms. The lowest BCUT2D eigenvalue weighted by Crippen LogP contribution is -2.50. The molecule has 0 bridgehead atoms. The fraction of sp³-hybridized carbons (Fsp3) is 0.455. The normalized spacial score (nSPS) is 23.1.